The van der Waals surface area contributed by atoms with E-state index in [1.807, 2.05) is 25.1 Å². The molecule has 0 radical (unpaired) electrons. The van der Waals surface area contributed by atoms with Crippen LogP contribution in [-0.4, -0.2) is 18.4 Å². The summed E-state index contributed by atoms with van der Waals surface area (Å²) in [5.74, 6) is 4.63. The summed E-state index contributed by atoms with van der Waals surface area (Å²) in [5.41, 5.74) is 3.85. The minimum atomic E-state index is -0.283. The van der Waals surface area contributed by atoms with Gasteiger partial charge in [0, 0.05) is 30.1 Å². The summed E-state index contributed by atoms with van der Waals surface area (Å²) >= 11 is 0. The fourth-order valence-electron chi connectivity index (χ4n) is 1.68. The normalized spacial score (nSPS) is 9.27. The van der Waals surface area contributed by atoms with Crippen molar-refractivity contribution in [1.82, 2.24) is 10.4 Å². The summed E-state index contributed by atoms with van der Waals surface area (Å²) in [6.45, 7) is 2.04. The van der Waals surface area contributed by atoms with E-state index in [2.05, 4.69) is 16.1 Å². The third kappa shape index (κ3) is 5.37. The van der Waals surface area contributed by atoms with Crippen LogP contribution in [0.5, 0.6) is 5.88 Å². The molecule has 1 aromatic heterocycles. The van der Waals surface area contributed by atoms with Gasteiger partial charge in [0.15, 0.2) is 0 Å². The number of anilines is 1. The largest absolute Gasteiger partial charge is 0.473 e. The van der Waals surface area contributed by atoms with E-state index in [1.165, 1.54) is 6.07 Å². The second-order valence-corrected chi connectivity index (χ2v) is 4.21. The second kappa shape index (κ2) is 9.30. The molecular weight excluding hydrogens is 287 g/mol. The zero-order valence-corrected chi connectivity index (χ0v) is 12.5. The van der Waals surface area contributed by atoms with Gasteiger partial charge in [-0.25, -0.2) is 15.2 Å². The van der Waals surface area contributed by atoms with Gasteiger partial charge in [0.05, 0.1) is 0 Å². The highest BCUT2D eigenvalue weighted by molar-refractivity contribution is 5.51. The summed E-state index contributed by atoms with van der Waals surface area (Å²) in [7, 11) is 1.75. The monoisotopic (exact) mass is 306 g/mol. The fourth-order valence-corrected chi connectivity index (χ4v) is 1.68. The molecule has 2 rings (SSSR count). The number of nitrogens with zero attached hydrogens (tertiary/aromatic N) is 1. The van der Waals surface area contributed by atoms with E-state index in [0.29, 0.717) is 17.9 Å². The number of benzene rings is 1. The molecule has 0 saturated carbocycles. The van der Waals surface area contributed by atoms with Crippen LogP contribution in [0.15, 0.2) is 36.4 Å². The molecule has 0 aliphatic rings. The highest BCUT2D eigenvalue weighted by Gasteiger charge is 2.08. The summed E-state index contributed by atoms with van der Waals surface area (Å²) in [5, 5.41) is 2.94. The van der Waals surface area contributed by atoms with E-state index in [-0.39, 0.29) is 12.4 Å². The smallest absolute Gasteiger partial charge is 0.221 e. The minimum Gasteiger partial charge on any atom is -0.473 e. The number of aryl methyl sites for hydroxylation is 1. The molecule has 6 nitrogen and oxygen atoms in total. The van der Waals surface area contributed by atoms with Crippen LogP contribution in [-0.2, 0) is 11.4 Å². The Hall–Kier alpha value is -2.67. The van der Waals surface area contributed by atoms with Crippen molar-refractivity contribution >= 4 is 12.1 Å². The number of carbonyl (C=O) groups is 1. The van der Waals surface area contributed by atoms with E-state index < -0.39 is 0 Å². The van der Waals surface area contributed by atoms with E-state index >= 15 is 0 Å². The molecule has 0 aliphatic heterocycles. The lowest BCUT2D eigenvalue weighted by Crippen LogP contribution is -2.18. The lowest BCUT2D eigenvalue weighted by molar-refractivity contribution is -0.109. The molecule has 2 aromatic rings. The number of ether oxygens (including phenoxy) is 1. The van der Waals surface area contributed by atoms with E-state index in [4.69, 9.17) is 9.53 Å². The first-order valence-corrected chi connectivity index (χ1v) is 6.53. The maximum Gasteiger partial charge on any atom is 0.221 e. The molecule has 0 aliphatic carbocycles. The van der Waals surface area contributed by atoms with Crippen LogP contribution in [0.2, 0.25) is 0 Å². The van der Waals surface area contributed by atoms with Crippen LogP contribution in [0.1, 0.15) is 11.3 Å². The number of hydrazine groups is 1. The Kier molecular flexibility index (Phi) is 7.35. The van der Waals surface area contributed by atoms with Crippen LogP contribution in [0, 0.1) is 12.7 Å². The minimum absolute atomic E-state index is 0.152. The van der Waals surface area contributed by atoms with Gasteiger partial charge in [0.2, 0.25) is 12.3 Å². The third-order valence-corrected chi connectivity index (χ3v) is 2.68. The fraction of sp³-hybridized carbons (Fsp3) is 0.200. The van der Waals surface area contributed by atoms with Gasteiger partial charge in [-0.1, -0.05) is 12.1 Å². The first kappa shape index (κ1) is 17.4. The molecule has 0 saturated heterocycles. The summed E-state index contributed by atoms with van der Waals surface area (Å²) in [6.07, 6.45) is 0.403. The molecule has 1 amide bonds. The zero-order valence-electron chi connectivity index (χ0n) is 12.5. The predicted octanol–water partition coefficient (Wildman–Crippen LogP) is 1.76. The number of nitrogens with one attached hydrogen (secondary N) is 2. The van der Waals surface area contributed by atoms with Gasteiger partial charge in [0.1, 0.15) is 12.4 Å². The Morgan fingerprint density at radius 3 is 2.59 bits per heavy atom. The van der Waals surface area contributed by atoms with Crippen LogP contribution in [0.3, 0.4) is 0 Å². The first-order chi connectivity index (χ1) is 10.6. The van der Waals surface area contributed by atoms with Crippen molar-refractivity contribution in [3.05, 3.63) is 53.5 Å². The van der Waals surface area contributed by atoms with Crippen molar-refractivity contribution in [2.24, 2.45) is 5.84 Å². The average molecular weight is 306 g/mol. The second-order valence-electron chi connectivity index (χ2n) is 4.21. The van der Waals surface area contributed by atoms with Gasteiger partial charge in [0.25, 0.3) is 0 Å². The van der Waals surface area contributed by atoms with Crippen molar-refractivity contribution < 1.29 is 13.9 Å². The molecule has 0 fully saturated rings. The molecular formula is C15H19FN4O2. The molecule has 22 heavy (non-hydrogen) atoms. The highest BCUT2D eigenvalue weighted by atomic mass is 19.1. The molecule has 118 valence electrons. The molecule has 4 N–H and O–H groups in total. The van der Waals surface area contributed by atoms with Crippen molar-refractivity contribution in [2.45, 2.75) is 13.5 Å². The lowest BCUT2D eigenvalue weighted by Gasteiger charge is -2.11. The molecule has 1 heterocycles. The Labute approximate surface area is 128 Å². The maximum atomic E-state index is 13.7. The van der Waals surface area contributed by atoms with Crippen molar-refractivity contribution in [2.75, 3.05) is 12.4 Å². The van der Waals surface area contributed by atoms with Crippen molar-refractivity contribution in [3.8, 4) is 5.88 Å². The van der Waals surface area contributed by atoms with Crippen LogP contribution < -0.4 is 21.3 Å². The van der Waals surface area contributed by atoms with E-state index in [9.17, 15) is 4.39 Å². The number of aromatic nitrogens is 1. The van der Waals surface area contributed by atoms with Gasteiger partial charge in [-0.05, 0) is 25.1 Å². The predicted molar refractivity (Wildman–Crippen MR) is 82.6 cm³/mol. The van der Waals surface area contributed by atoms with Crippen LogP contribution in [0.4, 0.5) is 10.1 Å². The number of halogens is 1. The zero-order chi connectivity index (χ0) is 16.4. The molecule has 0 bridgehead atoms. The molecule has 0 unspecified atom stereocenters. The maximum absolute atomic E-state index is 13.7. The van der Waals surface area contributed by atoms with Crippen molar-refractivity contribution in [1.29, 1.82) is 0 Å². The topological polar surface area (TPSA) is 89.3 Å². The van der Waals surface area contributed by atoms with Gasteiger partial charge in [-0.2, -0.15) is 0 Å². The number of rotatable bonds is 5. The van der Waals surface area contributed by atoms with Crippen molar-refractivity contribution in [3.63, 3.8) is 0 Å². The van der Waals surface area contributed by atoms with Gasteiger partial charge >= 0.3 is 0 Å². The number of nitrogens with two attached hydrogens (primary N) is 1. The number of amides is 1. The summed E-state index contributed by atoms with van der Waals surface area (Å²) < 4.78 is 19.2. The lowest BCUT2D eigenvalue weighted by atomic mass is 10.2. The Morgan fingerprint density at radius 1 is 1.32 bits per heavy atom. The average Bonchev–Trinajstić information content (AvgIpc) is 2.53. The number of hydrogen-bond acceptors (Lipinski definition) is 5. The summed E-state index contributed by atoms with van der Waals surface area (Å²) in [6, 6.07) is 10.4. The van der Waals surface area contributed by atoms with Gasteiger partial charge in [-0.15, -0.1) is 0 Å². The Bertz CT molecular complexity index is 608. The summed E-state index contributed by atoms with van der Waals surface area (Å²) in [4.78, 5) is 13.1. The highest BCUT2D eigenvalue weighted by Crippen LogP contribution is 2.20. The quantitative estimate of drug-likeness (QED) is 0.339. The standard InChI is InChI=1S/C14H15FN2O.CH4N2O/c1-10-5-3-8-14(17-10)18-9-11-12(15)6-4-7-13(11)16-2;2-3-1-4/h3-8,16H,9H2,1-2H3;1H,2H2,(H,3,4). The Morgan fingerprint density at radius 2 is 2.00 bits per heavy atom. The number of pyridine rings is 1. The number of hydrogen-bond donors (Lipinski definition) is 3. The SMILES string of the molecule is CNc1cccc(F)c1COc1cccc(C)n1.NNC=O. The van der Waals surface area contributed by atoms with E-state index in [0.717, 1.165) is 11.4 Å². The van der Waals surface area contributed by atoms with Crippen LogP contribution in [0.25, 0.3) is 0 Å². The molecule has 0 atom stereocenters. The molecule has 7 heteroatoms. The number of carbonyl (C=O) groups excluding carboxylic acids is 1. The van der Waals surface area contributed by atoms with Gasteiger partial charge < -0.3 is 10.1 Å². The molecule has 0 spiro atoms. The molecule has 1 aromatic carbocycles. The Balaban J connectivity index is 0.000000541. The van der Waals surface area contributed by atoms with Gasteiger partial charge in [-0.3, -0.25) is 10.2 Å². The first-order valence-electron chi connectivity index (χ1n) is 6.53. The van der Waals surface area contributed by atoms with E-state index in [1.54, 1.807) is 24.6 Å². The third-order valence-electron chi connectivity index (χ3n) is 2.68. The van der Waals surface area contributed by atoms with Crippen LogP contribution >= 0.6 is 0 Å².